The number of amides is 1. The van der Waals surface area contributed by atoms with Crippen LogP contribution in [0, 0.1) is 0 Å². The number of carbonyl (C=O) groups excluding carboxylic acids is 1. The van der Waals surface area contributed by atoms with Gasteiger partial charge in [0.2, 0.25) is 0 Å². The van der Waals surface area contributed by atoms with Crippen LogP contribution in [0.1, 0.15) is 28.4 Å². The Labute approximate surface area is 171 Å². The number of aliphatic imine (C=N–C) groups is 1. The van der Waals surface area contributed by atoms with E-state index in [1.807, 2.05) is 31.2 Å². The highest BCUT2D eigenvalue weighted by Gasteiger charge is 2.22. The molecular formula is C20H25IN4O. The molecule has 1 aliphatic rings. The van der Waals surface area contributed by atoms with Gasteiger partial charge in [-0.25, -0.2) is 0 Å². The number of nitrogens with zero attached hydrogens (tertiary/aromatic N) is 2. The number of anilines is 1. The molecule has 1 aliphatic heterocycles. The maximum Gasteiger partial charge on any atom is 0.251 e. The summed E-state index contributed by atoms with van der Waals surface area (Å²) in [5.74, 6) is 0.815. The van der Waals surface area contributed by atoms with Gasteiger partial charge in [0.1, 0.15) is 0 Å². The summed E-state index contributed by atoms with van der Waals surface area (Å²) in [6.45, 7) is 4.10. The van der Waals surface area contributed by atoms with Crippen molar-refractivity contribution in [3.63, 3.8) is 0 Å². The van der Waals surface area contributed by atoms with Crippen molar-refractivity contribution >= 4 is 41.5 Å². The van der Waals surface area contributed by atoms with Gasteiger partial charge in [0.05, 0.1) is 0 Å². The molecule has 0 unspecified atom stereocenters. The van der Waals surface area contributed by atoms with E-state index in [0.717, 1.165) is 24.5 Å². The third-order valence-corrected chi connectivity index (χ3v) is 4.33. The van der Waals surface area contributed by atoms with E-state index in [0.29, 0.717) is 18.7 Å². The summed E-state index contributed by atoms with van der Waals surface area (Å²) < 4.78 is 0. The molecule has 0 fully saturated rings. The van der Waals surface area contributed by atoms with Gasteiger partial charge in [0, 0.05) is 37.9 Å². The maximum atomic E-state index is 12.0. The van der Waals surface area contributed by atoms with Crippen LogP contribution in [-0.2, 0) is 13.0 Å². The van der Waals surface area contributed by atoms with Crippen molar-refractivity contribution in [2.75, 3.05) is 25.0 Å². The Kier molecular flexibility index (Phi) is 7.44. The number of rotatable bonds is 4. The normalized spacial score (nSPS) is 13.0. The summed E-state index contributed by atoms with van der Waals surface area (Å²) in [5, 5.41) is 6.24. The molecule has 2 aromatic rings. The van der Waals surface area contributed by atoms with Gasteiger partial charge in [-0.2, -0.15) is 0 Å². The molecule has 3 rings (SSSR count). The van der Waals surface area contributed by atoms with Gasteiger partial charge >= 0.3 is 0 Å². The van der Waals surface area contributed by atoms with E-state index < -0.39 is 0 Å². The summed E-state index contributed by atoms with van der Waals surface area (Å²) in [6.07, 6.45) is 1.03. The molecule has 2 N–H and O–H groups in total. The molecule has 138 valence electrons. The lowest BCUT2D eigenvalue weighted by molar-refractivity contribution is 0.0955. The number of nitrogens with one attached hydrogen (secondary N) is 2. The van der Waals surface area contributed by atoms with Crippen molar-refractivity contribution < 1.29 is 4.79 Å². The van der Waals surface area contributed by atoms with Gasteiger partial charge in [-0.05, 0) is 42.7 Å². The van der Waals surface area contributed by atoms with Gasteiger partial charge in [0.25, 0.3) is 5.91 Å². The second kappa shape index (κ2) is 9.56. The number of halogens is 1. The van der Waals surface area contributed by atoms with Crippen LogP contribution in [0.4, 0.5) is 5.69 Å². The van der Waals surface area contributed by atoms with E-state index in [1.165, 1.54) is 11.3 Å². The molecule has 0 aromatic heterocycles. The third-order valence-electron chi connectivity index (χ3n) is 4.33. The summed E-state index contributed by atoms with van der Waals surface area (Å²) >= 11 is 0. The average molecular weight is 464 g/mol. The predicted octanol–water partition coefficient (Wildman–Crippen LogP) is 3.19. The molecule has 0 saturated heterocycles. The molecule has 2 aromatic carbocycles. The molecule has 0 radical (unpaired) electrons. The van der Waals surface area contributed by atoms with Gasteiger partial charge in [-0.1, -0.05) is 30.3 Å². The molecule has 0 spiro atoms. The molecule has 6 heteroatoms. The summed E-state index contributed by atoms with van der Waals surface area (Å²) in [4.78, 5) is 18.6. The zero-order valence-electron chi connectivity index (χ0n) is 15.2. The van der Waals surface area contributed by atoms with E-state index in [1.54, 1.807) is 7.05 Å². The van der Waals surface area contributed by atoms with E-state index in [-0.39, 0.29) is 29.9 Å². The van der Waals surface area contributed by atoms with Crippen LogP contribution in [0.5, 0.6) is 0 Å². The second-order valence-corrected chi connectivity index (χ2v) is 5.99. The fourth-order valence-electron chi connectivity index (χ4n) is 3.12. The SMILES string of the molecule is CCNC(=O)c1cccc(CNC(=NC)N2CCc3ccccc32)c1.I. The van der Waals surface area contributed by atoms with E-state index in [4.69, 9.17) is 0 Å². The maximum absolute atomic E-state index is 12.0. The molecular weight excluding hydrogens is 439 g/mol. The van der Waals surface area contributed by atoms with Crippen LogP contribution in [0.15, 0.2) is 53.5 Å². The van der Waals surface area contributed by atoms with Crippen LogP contribution < -0.4 is 15.5 Å². The molecule has 5 nitrogen and oxygen atoms in total. The quantitative estimate of drug-likeness (QED) is 0.415. The molecule has 1 heterocycles. The molecule has 26 heavy (non-hydrogen) atoms. The molecule has 0 aliphatic carbocycles. The van der Waals surface area contributed by atoms with Crippen LogP contribution in [0.3, 0.4) is 0 Å². The second-order valence-electron chi connectivity index (χ2n) is 5.99. The van der Waals surface area contributed by atoms with Crippen LogP contribution >= 0.6 is 24.0 Å². The van der Waals surface area contributed by atoms with Gasteiger partial charge in [-0.3, -0.25) is 9.79 Å². The van der Waals surface area contributed by atoms with Crippen molar-refractivity contribution in [1.82, 2.24) is 10.6 Å². The number of para-hydroxylation sites is 1. The average Bonchev–Trinajstić information content (AvgIpc) is 3.07. The molecule has 1 amide bonds. The predicted molar refractivity (Wildman–Crippen MR) is 118 cm³/mol. The van der Waals surface area contributed by atoms with Crippen LogP contribution in [-0.4, -0.2) is 32.0 Å². The Balaban J connectivity index is 0.00000243. The Bertz CT molecular complexity index is 791. The number of carbonyl (C=O) groups is 1. The summed E-state index contributed by atoms with van der Waals surface area (Å²) in [5.41, 5.74) is 4.30. The monoisotopic (exact) mass is 464 g/mol. The van der Waals surface area contributed by atoms with Gasteiger partial charge in [-0.15, -0.1) is 24.0 Å². The highest BCUT2D eigenvalue weighted by atomic mass is 127. The van der Waals surface area contributed by atoms with Crippen molar-refractivity contribution in [1.29, 1.82) is 0 Å². The van der Waals surface area contributed by atoms with Crippen LogP contribution in [0.25, 0.3) is 0 Å². The standard InChI is InChI=1S/C20H24N4O.HI/c1-3-22-19(25)17-9-6-7-15(13-17)14-23-20(21-2)24-12-11-16-8-4-5-10-18(16)24;/h4-10,13H,3,11-12,14H2,1-2H3,(H,21,23)(H,22,25);1H. The fraction of sp³-hybridized carbons (Fsp3) is 0.300. The molecule has 0 saturated carbocycles. The first-order chi connectivity index (χ1) is 12.2. The van der Waals surface area contributed by atoms with E-state index in [2.05, 4.69) is 44.8 Å². The lowest BCUT2D eigenvalue weighted by Gasteiger charge is -2.22. The third kappa shape index (κ3) is 4.55. The largest absolute Gasteiger partial charge is 0.352 e. The minimum atomic E-state index is -0.0396. The van der Waals surface area contributed by atoms with Crippen molar-refractivity contribution in [2.24, 2.45) is 4.99 Å². The Morgan fingerprint density at radius 3 is 2.73 bits per heavy atom. The number of guanidine groups is 1. The first-order valence-electron chi connectivity index (χ1n) is 8.66. The van der Waals surface area contributed by atoms with Gasteiger partial charge in [0.15, 0.2) is 5.96 Å². The fourth-order valence-corrected chi connectivity index (χ4v) is 3.12. The first kappa shape index (κ1) is 20.2. The zero-order valence-corrected chi connectivity index (χ0v) is 17.5. The van der Waals surface area contributed by atoms with E-state index in [9.17, 15) is 4.79 Å². The number of benzene rings is 2. The van der Waals surface area contributed by atoms with E-state index >= 15 is 0 Å². The summed E-state index contributed by atoms with van der Waals surface area (Å²) in [6, 6.07) is 16.1. The number of hydrogen-bond acceptors (Lipinski definition) is 2. The Morgan fingerprint density at radius 1 is 1.15 bits per heavy atom. The van der Waals surface area contributed by atoms with Gasteiger partial charge < -0.3 is 15.5 Å². The van der Waals surface area contributed by atoms with Crippen molar-refractivity contribution in [2.45, 2.75) is 19.9 Å². The molecule has 0 bridgehead atoms. The highest BCUT2D eigenvalue weighted by molar-refractivity contribution is 14.0. The first-order valence-corrected chi connectivity index (χ1v) is 8.66. The number of fused-ring (bicyclic) bond motifs is 1. The van der Waals surface area contributed by atoms with Crippen molar-refractivity contribution in [3.05, 3.63) is 65.2 Å². The zero-order chi connectivity index (χ0) is 17.6. The minimum Gasteiger partial charge on any atom is -0.352 e. The minimum absolute atomic E-state index is 0. The topological polar surface area (TPSA) is 56.7 Å². The van der Waals surface area contributed by atoms with Crippen molar-refractivity contribution in [3.8, 4) is 0 Å². The molecule has 0 atom stereocenters. The summed E-state index contributed by atoms with van der Waals surface area (Å²) in [7, 11) is 1.80. The lowest BCUT2D eigenvalue weighted by Crippen LogP contribution is -2.40. The van der Waals surface area contributed by atoms with Crippen LogP contribution in [0.2, 0.25) is 0 Å². The highest BCUT2D eigenvalue weighted by Crippen LogP contribution is 2.27. The Morgan fingerprint density at radius 2 is 1.96 bits per heavy atom. The lowest BCUT2D eigenvalue weighted by atomic mass is 10.1. The Hall–Kier alpha value is -2.09. The number of hydrogen-bond donors (Lipinski definition) is 2. The smallest absolute Gasteiger partial charge is 0.251 e.